The van der Waals surface area contributed by atoms with Crippen LogP contribution in [0.15, 0.2) is 0 Å². The number of aliphatic hydroxyl groups is 1. The number of nitrogens with zero attached hydrogens (tertiary/aromatic N) is 2. The molecule has 0 bridgehead atoms. The molecule has 4 N–H and O–H groups in total. The summed E-state index contributed by atoms with van der Waals surface area (Å²) in [7, 11) is 1.32. The third kappa shape index (κ3) is 2.22. The molecule has 0 radical (unpaired) electrons. The van der Waals surface area contributed by atoms with Crippen molar-refractivity contribution in [1.82, 2.24) is 9.78 Å². The molecule has 0 aromatic carbocycles. The summed E-state index contributed by atoms with van der Waals surface area (Å²) in [5, 5.41) is 17.6. The molecule has 0 saturated heterocycles. The smallest absolute Gasteiger partial charge is 0.345 e. The van der Waals surface area contributed by atoms with Crippen LogP contribution in [0.1, 0.15) is 48.5 Å². The number of carbonyl (C=O) groups excluding carboxylic acids is 1. The van der Waals surface area contributed by atoms with E-state index in [1.807, 2.05) is 0 Å². The van der Waals surface area contributed by atoms with Gasteiger partial charge in [-0.3, -0.25) is 0 Å². The Bertz CT molecular complexity index is 524. The Labute approximate surface area is 117 Å². The van der Waals surface area contributed by atoms with Crippen LogP contribution in [0, 0.1) is 0 Å². The van der Waals surface area contributed by atoms with Gasteiger partial charge in [-0.1, -0.05) is 0 Å². The van der Waals surface area contributed by atoms with E-state index in [-0.39, 0.29) is 17.4 Å². The van der Waals surface area contributed by atoms with Crippen LogP contribution in [0.3, 0.4) is 0 Å². The van der Waals surface area contributed by atoms with E-state index in [2.05, 4.69) is 10.4 Å². The van der Waals surface area contributed by atoms with Gasteiger partial charge in [0.15, 0.2) is 5.82 Å². The lowest BCUT2D eigenvalue weighted by Crippen LogP contribution is -2.21. The normalized spacial score (nSPS) is 25.7. The van der Waals surface area contributed by atoms with E-state index in [0.29, 0.717) is 11.9 Å². The standard InChI is InChI=1S/C13H20N4O3/c1-20-13(19)10-11(14)17(8-3-2-4-9(8)18)16-12(10)15-7-5-6-7/h7-9,18H,2-6,14H2,1H3,(H,15,16). The number of rotatable bonds is 4. The van der Waals surface area contributed by atoms with E-state index in [9.17, 15) is 9.90 Å². The van der Waals surface area contributed by atoms with Crippen molar-refractivity contribution in [2.24, 2.45) is 0 Å². The summed E-state index contributed by atoms with van der Waals surface area (Å²) in [5.41, 5.74) is 6.34. The predicted octanol–water partition coefficient (Wildman–Crippen LogP) is 0.912. The summed E-state index contributed by atoms with van der Waals surface area (Å²) >= 11 is 0. The monoisotopic (exact) mass is 280 g/mol. The maximum absolute atomic E-state index is 11.9. The Morgan fingerprint density at radius 3 is 2.75 bits per heavy atom. The SMILES string of the molecule is COC(=O)c1c(NC2CC2)nn(C2CCCC2O)c1N. The zero-order chi connectivity index (χ0) is 14.3. The Balaban J connectivity index is 1.97. The molecule has 0 aliphatic heterocycles. The number of methoxy groups -OCH3 is 1. The van der Waals surface area contributed by atoms with Gasteiger partial charge in [-0.2, -0.15) is 5.10 Å². The van der Waals surface area contributed by atoms with Crippen molar-refractivity contribution in [3.63, 3.8) is 0 Å². The van der Waals surface area contributed by atoms with Crippen molar-refractivity contribution in [3.05, 3.63) is 5.56 Å². The average Bonchev–Trinajstić information content (AvgIpc) is 3.06. The minimum Gasteiger partial charge on any atom is -0.465 e. The zero-order valence-corrected chi connectivity index (χ0v) is 11.5. The van der Waals surface area contributed by atoms with Crippen molar-refractivity contribution in [3.8, 4) is 0 Å². The van der Waals surface area contributed by atoms with Gasteiger partial charge >= 0.3 is 5.97 Å². The van der Waals surface area contributed by atoms with E-state index in [0.717, 1.165) is 32.1 Å². The van der Waals surface area contributed by atoms with E-state index in [1.54, 1.807) is 4.68 Å². The quantitative estimate of drug-likeness (QED) is 0.708. The Morgan fingerprint density at radius 1 is 1.45 bits per heavy atom. The molecule has 2 fully saturated rings. The third-order valence-corrected chi connectivity index (χ3v) is 4.01. The molecule has 20 heavy (non-hydrogen) atoms. The lowest BCUT2D eigenvalue weighted by atomic mass is 10.2. The number of ether oxygens (including phenoxy) is 1. The molecular weight excluding hydrogens is 260 g/mol. The fraction of sp³-hybridized carbons (Fsp3) is 0.692. The first-order chi connectivity index (χ1) is 9.61. The molecule has 1 aromatic heterocycles. The Hall–Kier alpha value is -1.76. The number of carbonyl (C=O) groups is 1. The van der Waals surface area contributed by atoms with Gasteiger partial charge in [-0.25, -0.2) is 9.48 Å². The molecule has 3 rings (SSSR count). The summed E-state index contributed by atoms with van der Waals surface area (Å²) in [6.07, 6.45) is 4.17. The van der Waals surface area contributed by atoms with Crippen LogP contribution in [0.2, 0.25) is 0 Å². The van der Waals surface area contributed by atoms with Gasteiger partial charge in [0.1, 0.15) is 11.4 Å². The van der Waals surface area contributed by atoms with Gasteiger partial charge < -0.3 is 20.9 Å². The highest BCUT2D eigenvalue weighted by atomic mass is 16.5. The van der Waals surface area contributed by atoms with Crippen LogP contribution >= 0.6 is 0 Å². The van der Waals surface area contributed by atoms with Gasteiger partial charge in [0.25, 0.3) is 0 Å². The Morgan fingerprint density at radius 2 is 2.20 bits per heavy atom. The number of nitrogens with one attached hydrogen (secondary N) is 1. The van der Waals surface area contributed by atoms with E-state index < -0.39 is 12.1 Å². The molecule has 2 aliphatic rings. The van der Waals surface area contributed by atoms with E-state index in [4.69, 9.17) is 10.5 Å². The van der Waals surface area contributed by atoms with Gasteiger partial charge in [0.2, 0.25) is 0 Å². The highest BCUT2D eigenvalue weighted by Gasteiger charge is 2.34. The maximum Gasteiger partial charge on any atom is 0.345 e. The number of esters is 1. The zero-order valence-electron chi connectivity index (χ0n) is 11.5. The largest absolute Gasteiger partial charge is 0.465 e. The number of nitrogen functional groups attached to an aromatic ring is 1. The maximum atomic E-state index is 11.9. The van der Waals surface area contributed by atoms with Crippen molar-refractivity contribution in [2.45, 2.75) is 50.3 Å². The second kappa shape index (κ2) is 4.97. The fourth-order valence-electron chi connectivity index (χ4n) is 2.73. The van der Waals surface area contributed by atoms with Gasteiger partial charge in [0.05, 0.1) is 19.3 Å². The lowest BCUT2D eigenvalue weighted by molar-refractivity contribution is 0.0602. The van der Waals surface area contributed by atoms with Crippen LogP contribution < -0.4 is 11.1 Å². The first-order valence-corrected chi connectivity index (χ1v) is 7.02. The topological polar surface area (TPSA) is 102 Å². The van der Waals surface area contributed by atoms with Gasteiger partial charge in [-0.15, -0.1) is 0 Å². The third-order valence-electron chi connectivity index (χ3n) is 4.01. The number of hydrogen-bond acceptors (Lipinski definition) is 6. The number of hydrogen-bond donors (Lipinski definition) is 3. The summed E-state index contributed by atoms with van der Waals surface area (Å²) in [6.45, 7) is 0. The van der Waals surface area contributed by atoms with Crippen molar-refractivity contribution < 1.29 is 14.6 Å². The second-order valence-corrected chi connectivity index (χ2v) is 5.53. The first-order valence-electron chi connectivity index (χ1n) is 7.02. The van der Waals surface area contributed by atoms with Crippen molar-refractivity contribution in [1.29, 1.82) is 0 Å². The highest BCUT2D eigenvalue weighted by Crippen LogP contribution is 2.36. The van der Waals surface area contributed by atoms with Crippen molar-refractivity contribution >= 4 is 17.6 Å². The van der Waals surface area contributed by atoms with Gasteiger partial charge in [0, 0.05) is 6.04 Å². The first kappa shape index (κ1) is 13.2. The molecular formula is C13H20N4O3. The van der Waals surface area contributed by atoms with Crippen LogP contribution in [-0.2, 0) is 4.74 Å². The summed E-state index contributed by atoms with van der Waals surface area (Å²) in [4.78, 5) is 11.9. The molecule has 0 amide bonds. The minimum atomic E-state index is -0.496. The van der Waals surface area contributed by atoms with Gasteiger partial charge in [-0.05, 0) is 32.1 Å². The van der Waals surface area contributed by atoms with E-state index >= 15 is 0 Å². The van der Waals surface area contributed by atoms with Crippen LogP contribution in [0.5, 0.6) is 0 Å². The van der Waals surface area contributed by atoms with Crippen LogP contribution in [-0.4, -0.2) is 40.1 Å². The fourth-order valence-corrected chi connectivity index (χ4v) is 2.73. The van der Waals surface area contributed by atoms with Crippen LogP contribution in [0.4, 0.5) is 11.6 Å². The Kier molecular flexibility index (Phi) is 3.29. The molecule has 0 spiro atoms. The van der Waals surface area contributed by atoms with Crippen molar-refractivity contribution in [2.75, 3.05) is 18.2 Å². The molecule has 1 heterocycles. The molecule has 2 saturated carbocycles. The molecule has 7 heteroatoms. The highest BCUT2D eigenvalue weighted by molar-refractivity contribution is 5.99. The average molecular weight is 280 g/mol. The number of aliphatic hydroxyl groups excluding tert-OH is 1. The predicted molar refractivity (Wildman–Crippen MR) is 73.5 cm³/mol. The molecule has 2 aliphatic carbocycles. The minimum absolute atomic E-state index is 0.159. The molecule has 7 nitrogen and oxygen atoms in total. The van der Waals surface area contributed by atoms with E-state index in [1.165, 1.54) is 7.11 Å². The molecule has 2 unspecified atom stereocenters. The second-order valence-electron chi connectivity index (χ2n) is 5.53. The number of nitrogens with two attached hydrogens (primary N) is 1. The summed E-state index contributed by atoms with van der Waals surface area (Å²) < 4.78 is 6.37. The summed E-state index contributed by atoms with van der Waals surface area (Å²) in [6, 6.07) is 0.197. The number of aromatic nitrogens is 2. The molecule has 110 valence electrons. The summed E-state index contributed by atoms with van der Waals surface area (Å²) in [5.74, 6) is 0.242. The molecule has 1 aromatic rings. The van der Waals surface area contributed by atoms with Crippen LogP contribution in [0.25, 0.3) is 0 Å². The number of anilines is 2. The molecule has 2 atom stereocenters. The lowest BCUT2D eigenvalue weighted by Gasteiger charge is -2.16.